The van der Waals surface area contributed by atoms with Crippen LogP contribution >= 0.6 is 22.6 Å². The molecule has 1 saturated heterocycles. The molecule has 0 aromatic heterocycles. The van der Waals surface area contributed by atoms with Crippen LogP contribution in [-0.2, 0) is 4.79 Å². The maximum absolute atomic E-state index is 11.3. The summed E-state index contributed by atoms with van der Waals surface area (Å²) >= 11 is 2.26. The van der Waals surface area contributed by atoms with Crippen LogP contribution in [0.5, 0.6) is 0 Å². The Bertz CT molecular complexity index is 195. The minimum absolute atomic E-state index is 0.224. The van der Waals surface area contributed by atoms with Gasteiger partial charge < -0.3 is 5.32 Å². The highest BCUT2D eigenvalue weighted by molar-refractivity contribution is 14.1. The average molecular weight is 279 g/mol. The van der Waals surface area contributed by atoms with Crippen LogP contribution in [0.15, 0.2) is 0 Å². The SMILES string of the molecule is O=C1NC2CCCCC2CC1I. The van der Waals surface area contributed by atoms with E-state index in [0.29, 0.717) is 6.04 Å². The molecule has 3 unspecified atom stereocenters. The number of nitrogens with one attached hydrogen (secondary N) is 1. The highest BCUT2D eigenvalue weighted by atomic mass is 127. The van der Waals surface area contributed by atoms with E-state index in [1.54, 1.807) is 0 Å². The standard InChI is InChI=1S/C9H14INO/c10-7-5-6-3-1-2-4-8(6)11-9(7)12/h6-8H,1-5H2,(H,11,12). The fraction of sp³-hybridized carbons (Fsp3) is 0.889. The molecule has 1 N–H and O–H groups in total. The summed E-state index contributed by atoms with van der Waals surface area (Å²) in [6.45, 7) is 0. The van der Waals surface area contributed by atoms with E-state index in [2.05, 4.69) is 27.9 Å². The summed E-state index contributed by atoms with van der Waals surface area (Å²) in [7, 11) is 0. The zero-order valence-electron chi connectivity index (χ0n) is 7.05. The molecule has 12 heavy (non-hydrogen) atoms. The summed E-state index contributed by atoms with van der Waals surface area (Å²) in [5.41, 5.74) is 0. The third kappa shape index (κ3) is 1.60. The number of fused-ring (bicyclic) bond motifs is 1. The molecule has 2 nitrogen and oxygen atoms in total. The summed E-state index contributed by atoms with van der Waals surface area (Å²) in [5.74, 6) is 1.04. The second-order valence-electron chi connectivity index (χ2n) is 3.86. The molecule has 1 aliphatic carbocycles. The van der Waals surface area contributed by atoms with Gasteiger partial charge in [0.1, 0.15) is 0 Å². The van der Waals surface area contributed by atoms with Crippen LogP contribution in [0.4, 0.5) is 0 Å². The summed E-state index contributed by atoms with van der Waals surface area (Å²) in [6.07, 6.45) is 6.30. The smallest absolute Gasteiger partial charge is 0.233 e. The van der Waals surface area contributed by atoms with E-state index in [4.69, 9.17) is 0 Å². The van der Waals surface area contributed by atoms with Crippen molar-refractivity contribution < 1.29 is 4.79 Å². The lowest BCUT2D eigenvalue weighted by Gasteiger charge is -2.37. The maximum Gasteiger partial charge on any atom is 0.233 e. The second-order valence-corrected chi connectivity index (χ2v) is 5.37. The highest BCUT2D eigenvalue weighted by Gasteiger charge is 2.35. The Morgan fingerprint density at radius 1 is 1.33 bits per heavy atom. The van der Waals surface area contributed by atoms with Crippen molar-refractivity contribution in [3.8, 4) is 0 Å². The van der Waals surface area contributed by atoms with E-state index >= 15 is 0 Å². The van der Waals surface area contributed by atoms with Gasteiger partial charge in [0.2, 0.25) is 5.91 Å². The van der Waals surface area contributed by atoms with E-state index in [9.17, 15) is 4.79 Å². The molecule has 1 amide bonds. The van der Waals surface area contributed by atoms with Crippen LogP contribution in [0.25, 0.3) is 0 Å². The van der Waals surface area contributed by atoms with Gasteiger partial charge in [-0.1, -0.05) is 35.4 Å². The van der Waals surface area contributed by atoms with E-state index in [0.717, 1.165) is 12.3 Å². The minimum Gasteiger partial charge on any atom is -0.352 e. The van der Waals surface area contributed by atoms with Gasteiger partial charge in [0.15, 0.2) is 0 Å². The first-order valence-corrected chi connectivity index (χ1v) is 5.96. The van der Waals surface area contributed by atoms with Crippen LogP contribution in [-0.4, -0.2) is 15.9 Å². The molecule has 0 aromatic carbocycles. The highest BCUT2D eigenvalue weighted by Crippen LogP contribution is 2.33. The van der Waals surface area contributed by atoms with Gasteiger partial charge in [-0.3, -0.25) is 4.79 Å². The molecular weight excluding hydrogens is 265 g/mol. The Kier molecular flexibility index (Phi) is 2.57. The molecule has 2 fully saturated rings. The third-order valence-corrected chi connectivity index (χ3v) is 4.11. The topological polar surface area (TPSA) is 29.1 Å². The fourth-order valence-electron chi connectivity index (χ4n) is 2.33. The molecule has 0 radical (unpaired) electrons. The van der Waals surface area contributed by atoms with Gasteiger partial charge in [-0.2, -0.15) is 0 Å². The number of hydrogen-bond donors (Lipinski definition) is 1. The van der Waals surface area contributed by atoms with Gasteiger partial charge in [-0.15, -0.1) is 0 Å². The number of halogens is 1. The molecule has 3 atom stereocenters. The van der Waals surface area contributed by atoms with Crippen LogP contribution in [0.3, 0.4) is 0 Å². The van der Waals surface area contributed by atoms with Crippen molar-refractivity contribution in [2.45, 2.75) is 42.1 Å². The molecular formula is C9H14INO. The van der Waals surface area contributed by atoms with Crippen LogP contribution < -0.4 is 5.32 Å². The molecule has 0 spiro atoms. The van der Waals surface area contributed by atoms with Crippen molar-refractivity contribution in [1.29, 1.82) is 0 Å². The molecule has 0 aromatic rings. The number of rotatable bonds is 0. The lowest BCUT2D eigenvalue weighted by atomic mass is 9.79. The fourth-order valence-corrected chi connectivity index (χ4v) is 3.16. The molecule has 1 heterocycles. The summed E-state index contributed by atoms with van der Waals surface area (Å²) in [6, 6.07) is 0.511. The second kappa shape index (κ2) is 3.52. The first-order chi connectivity index (χ1) is 5.77. The van der Waals surface area contributed by atoms with Crippen LogP contribution in [0, 0.1) is 5.92 Å². The number of piperidine rings is 1. The van der Waals surface area contributed by atoms with Crippen LogP contribution in [0.1, 0.15) is 32.1 Å². The zero-order valence-corrected chi connectivity index (χ0v) is 9.21. The Morgan fingerprint density at radius 2 is 2.08 bits per heavy atom. The normalized spacial score (nSPS) is 41.8. The van der Waals surface area contributed by atoms with E-state index in [1.165, 1.54) is 25.7 Å². The number of carbonyl (C=O) groups is 1. The molecule has 2 aliphatic rings. The van der Waals surface area contributed by atoms with Gasteiger partial charge in [0.25, 0.3) is 0 Å². The molecule has 3 heteroatoms. The van der Waals surface area contributed by atoms with Gasteiger partial charge >= 0.3 is 0 Å². The lowest BCUT2D eigenvalue weighted by molar-refractivity contribution is -0.123. The van der Waals surface area contributed by atoms with Crippen molar-refractivity contribution in [3.63, 3.8) is 0 Å². The summed E-state index contributed by atoms with van der Waals surface area (Å²) in [4.78, 5) is 11.3. The summed E-state index contributed by atoms with van der Waals surface area (Å²) < 4.78 is 0.224. The quantitative estimate of drug-likeness (QED) is 0.532. The van der Waals surface area contributed by atoms with E-state index in [1.807, 2.05) is 0 Å². The third-order valence-electron chi connectivity index (χ3n) is 3.03. The molecule has 2 rings (SSSR count). The van der Waals surface area contributed by atoms with Crippen molar-refractivity contribution in [2.24, 2.45) is 5.92 Å². The number of hydrogen-bond acceptors (Lipinski definition) is 1. The van der Waals surface area contributed by atoms with Gasteiger partial charge in [-0.05, 0) is 25.2 Å². The first-order valence-electron chi connectivity index (χ1n) is 4.72. The van der Waals surface area contributed by atoms with Crippen molar-refractivity contribution in [1.82, 2.24) is 5.32 Å². The maximum atomic E-state index is 11.3. The molecule has 0 bridgehead atoms. The Hall–Kier alpha value is 0.200. The summed E-state index contributed by atoms with van der Waals surface area (Å²) in [5, 5.41) is 3.12. The molecule has 1 aliphatic heterocycles. The van der Waals surface area contributed by atoms with Gasteiger partial charge in [0, 0.05) is 6.04 Å². The predicted molar refractivity (Wildman–Crippen MR) is 56.3 cm³/mol. The predicted octanol–water partition coefficient (Wildman–Crippen LogP) is 1.87. The molecule has 1 saturated carbocycles. The minimum atomic E-state index is 0.224. The Morgan fingerprint density at radius 3 is 2.92 bits per heavy atom. The van der Waals surface area contributed by atoms with E-state index < -0.39 is 0 Å². The van der Waals surface area contributed by atoms with Crippen molar-refractivity contribution >= 4 is 28.5 Å². The Balaban J connectivity index is 2.02. The number of alkyl halides is 1. The van der Waals surface area contributed by atoms with E-state index in [-0.39, 0.29) is 9.83 Å². The van der Waals surface area contributed by atoms with Crippen molar-refractivity contribution in [3.05, 3.63) is 0 Å². The first kappa shape index (κ1) is 8.78. The average Bonchev–Trinajstić information content (AvgIpc) is 2.07. The lowest BCUT2D eigenvalue weighted by Crippen LogP contribution is -2.51. The molecule has 68 valence electrons. The van der Waals surface area contributed by atoms with Crippen molar-refractivity contribution in [2.75, 3.05) is 0 Å². The Labute approximate surface area is 86.6 Å². The monoisotopic (exact) mass is 279 g/mol. The van der Waals surface area contributed by atoms with Gasteiger partial charge in [0.05, 0.1) is 3.92 Å². The largest absolute Gasteiger partial charge is 0.352 e. The van der Waals surface area contributed by atoms with Gasteiger partial charge in [-0.25, -0.2) is 0 Å². The zero-order chi connectivity index (χ0) is 8.55. The number of carbonyl (C=O) groups excluding carboxylic acids is 1. The van der Waals surface area contributed by atoms with Crippen LogP contribution in [0.2, 0.25) is 0 Å². The number of amides is 1.